The smallest absolute Gasteiger partial charge is 0.273 e. The van der Waals surface area contributed by atoms with Gasteiger partial charge in [-0.1, -0.05) is 6.07 Å². The minimum absolute atomic E-state index is 0.0803. The number of aryl methyl sites for hydroxylation is 2. The highest BCUT2D eigenvalue weighted by Crippen LogP contribution is 2.25. The fraction of sp³-hybridized carbons (Fsp3) is 0.444. The minimum atomic E-state index is -3.92. The maximum absolute atomic E-state index is 12.7. The zero-order valence-electron chi connectivity index (χ0n) is 15.8. The number of sulfonamides is 1. The normalized spacial score (nSPS) is 16.8. The summed E-state index contributed by atoms with van der Waals surface area (Å²) in [4.78, 5) is 12.5. The van der Waals surface area contributed by atoms with Crippen LogP contribution in [0, 0.1) is 24.0 Å². The Morgan fingerprint density at radius 1 is 1.21 bits per heavy atom. The van der Waals surface area contributed by atoms with Gasteiger partial charge in [-0.05, 0) is 32.0 Å². The molecule has 2 aromatic rings. The average Bonchev–Trinajstić information content (AvgIpc) is 3.08. The number of hydrogen-bond donors (Lipinski definition) is 1. The molecule has 1 N–H and O–H groups in total. The first-order chi connectivity index (χ1) is 13.3. The predicted octanol–water partition coefficient (Wildman–Crippen LogP) is 2.16. The van der Waals surface area contributed by atoms with Crippen LogP contribution >= 0.6 is 0 Å². The highest BCUT2D eigenvalue weighted by atomic mass is 32.2. The van der Waals surface area contributed by atoms with Crippen LogP contribution in [0.2, 0.25) is 0 Å². The Balaban J connectivity index is 1.82. The number of morpholine rings is 1. The lowest BCUT2D eigenvalue weighted by molar-refractivity contribution is -0.385. The van der Waals surface area contributed by atoms with Crippen molar-refractivity contribution in [1.29, 1.82) is 0 Å². The van der Waals surface area contributed by atoms with Crippen molar-refractivity contribution in [3.63, 3.8) is 0 Å². The highest BCUT2D eigenvalue weighted by molar-refractivity contribution is 7.89. The SMILES string of the molecule is Cc1ccc([C@@H](CNS(=O)(=O)c2ccc(C)c([N+](=O)[O-])c2)N2CCOCC2)o1. The summed E-state index contributed by atoms with van der Waals surface area (Å²) >= 11 is 0. The number of rotatable bonds is 7. The molecule has 0 bridgehead atoms. The Morgan fingerprint density at radius 2 is 1.93 bits per heavy atom. The van der Waals surface area contributed by atoms with Crippen molar-refractivity contribution in [3.05, 3.63) is 57.5 Å². The number of nitrogens with one attached hydrogen (secondary N) is 1. The van der Waals surface area contributed by atoms with E-state index in [0.29, 0.717) is 37.6 Å². The first-order valence-corrected chi connectivity index (χ1v) is 10.4. The van der Waals surface area contributed by atoms with Crippen LogP contribution in [0.25, 0.3) is 0 Å². The number of hydrogen-bond acceptors (Lipinski definition) is 7. The van der Waals surface area contributed by atoms with E-state index in [2.05, 4.69) is 9.62 Å². The molecule has 0 unspecified atom stereocenters. The molecule has 0 amide bonds. The second-order valence-electron chi connectivity index (χ2n) is 6.67. The van der Waals surface area contributed by atoms with E-state index in [4.69, 9.17) is 9.15 Å². The number of ether oxygens (including phenoxy) is 1. The molecule has 0 radical (unpaired) electrons. The molecular formula is C18H23N3O6S. The molecule has 9 nitrogen and oxygen atoms in total. The second kappa shape index (κ2) is 8.39. The summed E-state index contributed by atoms with van der Waals surface area (Å²) in [7, 11) is -3.92. The third-order valence-electron chi connectivity index (χ3n) is 4.73. The molecule has 3 rings (SSSR count). The number of nitro benzene ring substituents is 1. The fourth-order valence-corrected chi connectivity index (χ4v) is 4.21. The van der Waals surface area contributed by atoms with Gasteiger partial charge in [0, 0.05) is 31.3 Å². The monoisotopic (exact) mass is 409 g/mol. The van der Waals surface area contributed by atoms with Crippen LogP contribution in [-0.2, 0) is 14.8 Å². The molecule has 1 aliphatic rings. The van der Waals surface area contributed by atoms with Gasteiger partial charge in [0.2, 0.25) is 10.0 Å². The van der Waals surface area contributed by atoms with Crippen molar-refractivity contribution in [2.24, 2.45) is 0 Å². The van der Waals surface area contributed by atoms with Gasteiger partial charge in [0.1, 0.15) is 11.5 Å². The highest BCUT2D eigenvalue weighted by Gasteiger charge is 2.28. The average molecular weight is 409 g/mol. The third kappa shape index (κ3) is 4.58. The zero-order valence-corrected chi connectivity index (χ0v) is 16.6. The molecule has 0 spiro atoms. The van der Waals surface area contributed by atoms with Gasteiger partial charge in [-0.3, -0.25) is 15.0 Å². The molecule has 1 fully saturated rings. The third-order valence-corrected chi connectivity index (χ3v) is 6.15. The molecule has 152 valence electrons. The summed E-state index contributed by atoms with van der Waals surface area (Å²) in [5.41, 5.74) is 0.176. The molecule has 10 heteroatoms. The Hall–Kier alpha value is -2.27. The Morgan fingerprint density at radius 3 is 2.54 bits per heavy atom. The topological polar surface area (TPSA) is 115 Å². The van der Waals surface area contributed by atoms with Crippen molar-refractivity contribution in [2.75, 3.05) is 32.8 Å². The summed E-state index contributed by atoms with van der Waals surface area (Å²) in [6.07, 6.45) is 0. The van der Waals surface area contributed by atoms with Crippen molar-refractivity contribution >= 4 is 15.7 Å². The standard InChI is InChI=1S/C18H23N3O6S/c1-13-3-5-15(11-16(13)21(22)23)28(24,25)19-12-17(18-6-4-14(2)27-18)20-7-9-26-10-8-20/h3-6,11,17,19H,7-10,12H2,1-2H3/t17-/m1/s1. The Labute approximate surface area is 163 Å². The van der Waals surface area contributed by atoms with Crippen molar-refractivity contribution in [3.8, 4) is 0 Å². The number of nitrogens with zero attached hydrogens (tertiary/aromatic N) is 2. The predicted molar refractivity (Wildman–Crippen MR) is 102 cm³/mol. The maximum Gasteiger partial charge on any atom is 0.273 e. The van der Waals surface area contributed by atoms with Gasteiger partial charge < -0.3 is 9.15 Å². The number of nitro groups is 1. The van der Waals surface area contributed by atoms with E-state index in [1.807, 2.05) is 19.1 Å². The number of benzene rings is 1. The van der Waals surface area contributed by atoms with E-state index in [9.17, 15) is 18.5 Å². The lowest BCUT2D eigenvalue weighted by atomic mass is 10.2. The molecule has 0 aliphatic carbocycles. The van der Waals surface area contributed by atoms with Crippen LogP contribution in [0.5, 0.6) is 0 Å². The van der Waals surface area contributed by atoms with Crippen LogP contribution in [-0.4, -0.2) is 51.1 Å². The lowest BCUT2D eigenvalue weighted by Gasteiger charge is -2.33. The molecular weight excluding hydrogens is 386 g/mol. The first-order valence-electron chi connectivity index (χ1n) is 8.91. The first kappa shape index (κ1) is 20.5. The van der Waals surface area contributed by atoms with E-state index in [1.54, 1.807) is 6.92 Å². The van der Waals surface area contributed by atoms with Gasteiger partial charge in [-0.25, -0.2) is 13.1 Å². The summed E-state index contributed by atoms with van der Waals surface area (Å²) in [5.74, 6) is 1.40. The van der Waals surface area contributed by atoms with E-state index < -0.39 is 14.9 Å². The van der Waals surface area contributed by atoms with Gasteiger partial charge in [0.15, 0.2) is 0 Å². The van der Waals surface area contributed by atoms with E-state index in [-0.39, 0.29) is 23.2 Å². The van der Waals surface area contributed by atoms with Crippen LogP contribution in [0.4, 0.5) is 5.69 Å². The molecule has 0 saturated carbocycles. The van der Waals surface area contributed by atoms with Crippen molar-refractivity contribution in [2.45, 2.75) is 24.8 Å². The molecule has 2 heterocycles. The summed E-state index contributed by atoms with van der Waals surface area (Å²) in [6.45, 7) is 5.91. The molecule has 1 aliphatic heterocycles. The van der Waals surface area contributed by atoms with Gasteiger partial charge in [-0.2, -0.15) is 0 Å². The molecule has 1 aromatic heterocycles. The van der Waals surface area contributed by atoms with Crippen LogP contribution < -0.4 is 4.72 Å². The van der Waals surface area contributed by atoms with Crippen molar-refractivity contribution < 1.29 is 22.5 Å². The molecule has 28 heavy (non-hydrogen) atoms. The van der Waals surface area contributed by atoms with E-state index in [1.165, 1.54) is 12.1 Å². The molecule has 1 aromatic carbocycles. The van der Waals surface area contributed by atoms with Crippen LogP contribution in [0.15, 0.2) is 39.6 Å². The second-order valence-corrected chi connectivity index (χ2v) is 8.44. The maximum atomic E-state index is 12.7. The summed E-state index contributed by atoms with van der Waals surface area (Å²) in [6, 6.07) is 7.25. The quantitative estimate of drug-likeness (QED) is 0.550. The number of furan rings is 1. The Bertz CT molecular complexity index is 950. The van der Waals surface area contributed by atoms with E-state index >= 15 is 0 Å². The van der Waals surface area contributed by atoms with Crippen LogP contribution in [0.1, 0.15) is 23.1 Å². The zero-order chi connectivity index (χ0) is 20.3. The lowest BCUT2D eigenvalue weighted by Crippen LogP contribution is -2.43. The molecule has 1 saturated heterocycles. The summed E-state index contributed by atoms with van der Waals surface area (Å²) in [5, 5.41) is 11.1. The minimum Gasteiger partial charge on any atom is -0.465 e. The van der Waals surface area contributed by atoms with Gasteiger partial charge in [0.05, 0.1) is 29.1 Å². The van der Waals surface area contributed by atoms with Crippen molar-refractivity contribution in [1.82, 2.24) is 9.62 Å². The molecule has 1 atom stereocenters. The largest absolute Gasteiger partial charge is 0.465 e. The van der Waals surface area contributed by atoms with Crippen LogP contribution in [0.3, 0.4) is 0 Å². The van der Waals surface area contributed by atoms with Gasteiger partial charge in [0.25, 0.3) is 5.69 Å². The van der Waals surface area contributed by atoms with E-state index in [0.717, 1.165) is 11.8 Å². The summed E-state index contributed by atoms with van der Waals surface area (Å²) < 4.78 is 39.1. The van der Waals surface area contributed by atoms with Gasteiger partial charge in [-0.15, -0.1) is 0 Å². The fourth-order valence-electron chi connectivity index (χ4n) is 3.16. The van der Waals surface area contributed by atoms with Gasteiger partial charge >= 0.3 is 0 Å². The Kier molecular flexibility index (Phi) is 6.14.